The number of nitrogens with one attached hydrogen (secondary N) is 1. The molecule has 3 aromatic rings. The highest BCUT2D eigenvalue weighted by Gasteiger charge is 2.16. The molecule has 0 fully saturated rings. The van der Waals surface area contributed by atoms with Crippen LogP contribution in [0.1, 0.15) is 50.7 Å². The average molecular weight is 379 g/mol. The Morgan fingerprint density at radius 2 is 1.59 bits per heavy atom. The zero-order valence-electron chi connectivity index (χ0n) is 16.3. The van der Waals surface area contributed by atoms with Gasteiger partial charge < -0.3 is 5.32 Å². The van der Waals surface area contributed by atoms with Crippen LogP contribution >= 0.6 is 11.8 Å². The zero-order chi connectivity index (χ0) is 19.4. The average Bonchev–Trinajstić information content (AvgIpc) is 2.66. The first-order valence-corrected chi connectivity index (χ1v) is 10.4. The second-order valence-corrected chi connectivity index (χ2v) is 8.30. The van der Waals surface area contributed by atoms with Gasteiger partial charge in [-0.3, -0.25) is 4.79 Å². The third-order valence-electron chi connectivity index (χ3n) is 4.56. The molecule has 1 N–H and O–H groups in total. The monoisotopic (exact) mass is 378 g/mol. The number of nitrogens with zero attached hydrogens (tertiary/aromatic N) is 1. The number of anilines is 1. The van der Waals surface area contributed by atoms with Crippen molar-refractivity contribution in [1.82, 2.24) is 4.98 Å². The fourth-order valence-corrected chi connectivity index (χ4v) is 3.82. The molecule has 4 heteroatoms. The van der Waals surface area contributed by atoms with E-state index < -0.39 is 0 Å². The highest BCUT2D eigenvalue weighted by atomic mass is 32.2. The maximum absolute atomic E-state index is 12.6. The summed E-state index contributed by atoms with van der Waals surface area (Å²) in [6, 6.07) is 18.3. The molecule has 0 aliphatic heterocycles. The molecule has 1 amide bonds. The fraction of sp³-hybridized carbons (Fsp3) is 0.304. The molecular formula is C23H26N2OS. The van der Waals surface area contributed by atoms with E-state index in [2.05, 4.69) is 56.2 Å². The summed E-state index contributed by atoms with van der Waals surface area (Å²) in [6.07, 6.45) is 0. The van der Waals surface area contributed by atoms with Crippen molar-refractivity contribution in [3.8, 4) is 0 Å². The number of carbonyl (C=O) groups excluding carboxylic acids is 1. The van der Waals surface area contributed by atoms with Crippen LogP contribution in [0.4, 0.5) is 5.69 Å². The minimum absolute atomic E-state index is 0.00459. The standard InChI is InChI=1S/C23H26N2OS/c1-15(2)18-9-7-10-19(16(3)4)23(18)25-21(26)14-27-22-13-12-17-8-5-6-11-20(17)24-22/h5-13,15-16H,14H2,1-4H3,(H,25,26). The van der Waals surface area contributed by atoms with E-state index in [1.807, 2.05) is 36.4 Å². The first-order valence-electron chi connectivity index (χ1n) is 9.37. The number of para-hydroxylation sites is 2. The lowest BCUT2D eigenvalue weighted by Gasteiger charge is -2.20. The Balaban J connectivity index is 1.73. The minimum atomic E-state index is 0.00459. The summed E-state index contributed by atoms with van der Waals surface area (Å²) in [6.45, 7) is 8.62. The zero-order valence-corrected chi connectivity index (χ0v) is 17.1. The van der Waals surface area contributed by atoms with E-state index in [1.165, 1.54) is 22.9 Å². The van der Waals surface area contributed by atoms with Crippen molar-refractivity contribution < 1.29 is 4.79 Å². The summed E-state index contributed by atoms with van der Waals surface area (Å²) in [4.78, 5) is 17.3. The van der Waals surface area contributed by atoms with Crippen molar-refractivity contribution in [1.29, 1.82) is 0 Å². The highest BCUT2D eigenvalue weighted by Crippen LogP contribution is 2.32. The Labute approximate surface area is 165 Å². The van der Waals surface area contributed by atoms with E-state index in [0.29, 0.717) is 17.6 Å². The first-order chi connectivity index (χ1) is 13.0. The molecule has 0 unspecified atom stereocenters. The number of carbonyl (C=O) groups is 1. The molecule has 0 saturated carbocycles. The third kappa shape index (κ3) is 4.69. The molecule has 3 rings (SSSR count). The Morgan fingerprint density at radius 3 is 2.26 bits per heavy atom. The number of hydrogen-bond acceptors (Lipinski definition) is 3. The summed E-state index contributed by atoms with van der Waals surface area (Å²) < 4.78 is 0. The van der Waals surface area contributed by atoms with Crippen molar-refractivity contribution in [2.24, 2.45) is 0 Å². The predicted molar refractivity (Wildman–Crippen MR) is 116 cm³/mol. The van der Waals surface area contributed by atoms with Crippen LogP contribution in [0.15, 0.2) is 59.6 Å². The number of amides is 1. The van der Waals surface area contributed by atoms with Crippen LogP contribution in [-0.4, -0.2) is 16.6 Å². The Hall–Kier alpha value is -2.33. The van der Waals surface area contributed by atoms with Gasteiger partial charge in [-0.1, -0.05) is 81.9 Å². The SMILES string of the molecule is CC(C)c1cccc(C(C)C)c1NC(=O)CSc1ccc2ccccc2n1. The molecule has 140 valence electrons. The van der Waals surface area contributed by atoms with Crippen molar-refractivity contribution in [3.63, 3.8) is 0 Å². The van der Waals surface area contributed by atoms with Crippen LogP contribution in [0, 0.1) is 0 Å². The van der Waals surface area contributed by atoms with E-state index in [9.17, 15) is 4.79 Å². The van der Waals surface area contributed by atoms with Gasteiger partial charge in [0.25, 0.3) is 0 Å². The Morgan fingerprint density at radius 1 is 0.926 bits per heavy atom. The molecule has 0 atom stereocenters. The van der Waals surface area contributed by atoms with E-state index in [4.69, 9.17) is 0 Å². The summed E-state index contributed by atoms with van der Waals surface area (Å²) in [5.74, 6) is 1.06. The van der Waals surface area contributed by atoms with Gasteiger partial charge in [-0.25, -0.2) is 4.98 Å². The number of thioether (sulfide) groups is 1. The second-order valence-electron chi connectivity index (χ2n) is 7.30. The molecule has 0 aliphatic carbocycles. The van der Waals surface area contributed by atoms with Crippen molar-refractivity contribution in [3.05, 3.63) is 65.7 Å². The van der Waals surface area contributed by atoms with Crippen LogP contribution in [-0.2, 0) is 4.79 Å². The number of fused-ring (bicyclic) bond motifs is 1. The van der Waals surface area contributed by atoms with E-state index in [1.54, 1.807) is 0 Å². The Bertz CT molecular complexity index is 924. The maximum atomic E-state index is 12.6. The van der Waals surface area contributed by atoms with Crippen molar-refractivity contribution in [2.45, 2.75) is 44.6 Å². The van der Waals surface area contributed by atoms with Gasteiger partial charge in [-0.05, 0) is 35.1 Å². The third-order valence-corrected chi connectivity index (χ3v) is 5.49. The molecule has 2 aromatic carbocycles. The van der Waals surface area contributed by atoms with E-state index in [0.717, 1.165) is 21.6 Å². The summed E-state index contributed by atoms with van der Waals surface area (Å²) in [5, 5.41) is 5.14. The van der Waals surface area contributed by atoms with Gasteiger partial charge in [0.1, 0.15) is 0 Å². The van der Waals surface area contributed by atoms with Crippen LogP contribution in [0.2, 0.25) is 0 Å². The van der Waals surface area contributed by atoms with Crippen LogP contribution in [0.25, 0.3) is 10.9 Å². The van der Waals surface area contributed by atoms with Gasteiger partial charge in [-0.2, -0.15) is 0 Å². The van der Waals surface area contributed by atoms with Gasteiger partial charge in [-0.15, -0.1) is 0 Å². The molecule has 1 heterocycles. The lowest BCUT2D eigenvalue weighted by Crippen LogP contribution is -2.17. The summed E-state index contributed by atoms with van der Waals surface area (Å²) >= 11 is 1.47. The van der Waals surface area contributed by atoms with Crippen LogP contribution in [0.5, 0.6) is 0 Å². The molecule has 0 saturated heterocycles. The number of benzene rings is 2. The lowest BCUT2D eigenvalue weighted by molar-refractivity contribution is -0.113. The predicted octanol–water partition coefficient (Wildman–Crippen LogP) is 6.21. The van der Waals surface area contributed by atoms with Crippen LogP contribution in [0.3, 0.4) is 0 Å². The number of pyridine rings is 1. The normalized spacial score (nSPS) is 11.3. The van der Waals surface area contributed by atoms with Gasteiger partial charge in [0.15, 0.2) is 0 Å². The fourth-order valence-electron chi connectivity index (χ4n) is 3.14. The van der Waals surface area contributed by atoms with E-state index in [-0.39, 0.29) is 5.91 Å². The van der Waals surface area contributed by atoms with Crippen molar-refractivity contribution >= 4 is 34.3 Å². The Kier molecular flexibility index (Phi) is 6.17. The number of hydrogen-bond donors (Lipinski definition) is 1. The molecule has 0 radical (unpaired) electrons. The van der Waals surface area contributed by atoms with Gasteiger partial charge in [0.2, 0.25) is 5.91 Å². The van der Waals surface area contributed by atoms with Crippen molar-refractivity contribution in [2.75, 3.05) is 11.1 Å². The molecule has 0 spiro atoms. The van der Waals surface area contributed by atoms with Crippen LogP contribution < -0.4 is 5.32 Å². The molecule has 0 bridgehead atoms. The molecule has 27 heavy (non-hydrogen) atoms. The largest absolute Gasteiger partial charge is 0.325 e. The molecular weight excluding hydrogens is 352 g/mol. The maximum Gasteiger partial charge on any atom is 0.234 e. The summed E-state index contributed by atoms with van der Waals surface area (Å²) in [7, 11) is 0. The van der Waals surface area contributed by atoms with E-state index >= 15 is 0 Å². The molecule has 3 nitrogen and oxygen atoms in total. The summed E-state index contributed by atoms with van der Waals surface area (Å²) in [5.41, 5.74) is 4.29. The first kappa shape index (κ1) is 19.4. The van der Waals surface area contributed by atoms with Gasteiger partial charge in [0, 0.05) is 11.1 Å². The quantitative estimate of drug-likeness (QED) is 0.518. The van der Waals surface area contributed by atoms with Gasteiger partial charge in [0.05, 0.1) is 16.3 Å². The lowest BCUT2D eigenvalue weighted by atomic mass is 9.92. The van der Waals surface area contributed by atoms with Gasteiger partial charge >= 0.3 is 0 Å². The smallest absolute Gasteiger partial charge is 0.234 e. The minimum Gasteiger partial charge on any atom is -0.325 e. The number of rotatable bonds is 6. The molecule has 1 aromatic heterocycles. The topological polar surface area (TPSA) is 42.0 Å². The number of aromatic nitrogens is 1. The highest BCUT2D eigenvalue weighted by molar-refractivity contribution is 7.99. The molecule has 0 aliphatic rings. The second kappa shape index (κ2) is 8.57.